The van der Waals surface area contributed by atoms with Crippen molar-refractivity contribution in [2.75, 3.05) is 26.7 Å². The van der Waals surface area contributed by atoms with Gasteiger partial charge >= 0.3 is 0 Å². The molecule has 1 aromatic heterocycles. The highest BCUT2D eigenvalue weighted by Crippen LogP contribution is 2.22. The minimum Gasteiger partial charge on any atom is -0.373 e. The Morgan fingerprint density at radius 2 is 1.71 bits per heavy atom. The number of aryl methyl sites for hydroxylation is 1. The van der Waals surface area contributed by atoms with E-state index in [1.54, 1.807) is 24.1 Å². The Hall–Kier alpha value is -3.01. The van der Waals surface area contributed by atoms with E-state index in [1.807, 2.05) is 50.2 Å². The van der Waals surface area contributed by atoms with Gasteiger partial charge in [0.1, 0.15) is 11.5 Å². The van der Waals surface area contributed by atoms with Crippen LogP contribution in [0, 0.1) is 0 Å². The quantitative estimate of drug-likeness (QED) is 0.469. The van der Waals surface area contributed by atoms with Crippen LogP contribution in [0.4, 0.5) is 0 Å². The van der Waals surface area contributed by atoms with Gasteiger partial charge in [-0.1, -0.05) is 35.5 Å². The number of nitrogens with zero attached hydrogens (tertiary/aromatic N) is 3. The van der Waals surface area contributed by atoms with Crippen LogP contribution in [-0.4, -0.2) is 67.6 Å². The second-order valence-corrected chi connectivity index (χ2v) is 10.9. The van der Waals surface area contributed by atoms with Crippen LogP contribution >= 0.6 is 0 Å². The fourth-order valence-electron chi connectivity index (χ4n) is 4.23. The number of hydrogen-bond donors (Lipinski definition) is 0. The highest BCUT2D eigenvalue weighted by molar-refractivity contribution is 7.89. The van der Waals surface area contributed by atoms with E-state index in [2.05, 4.69) is 5.16 Å². The molecule has 2 unspecified atom stereocenters. The second kappa shape index (κ2) is 10.7. The van der Waals surface area contributed by atoms with Crippen molar-refractivity contribution in [3.05, 3.63) is 72.0 Å². The van der Waals surface area contributed by atoms with Crippen molar-refractivity contribution in [1.29, 1.82) is 0 Å². The molecule has 3 aromatic rings. The van der Waals surface area contributed by atoms with Crippen molar-refractivity contribution >= 4 is 15.9 Å². The summed E-state index contributed by atoms with van der Waals surface area (Å²) in [4.78, 5) is 14.6. The first-order valence-electron chi connectivity index (χ1n) is 11.8. The van der Waals surface area contributed by atoms with Gasteiger partial charge in [0.2, 0.25) is 10.0 Å². The van der Waals surface area contributed by atoms with Gasteiger partial charge < -0.3 is 14.2 Å². The molecule has 1 fully saturated rings. The Morgan fingerprint density at radius 1 is 1.06 bits per heavy atom. The lowest BCUT2D eigenvalue weighted by atomic mass is 10.1. The zero-order valence-electron chi connectivity index (χ0n) is 20.3. The number of aromatic nitrogens is 1. The maximum Gasteiger partial charge on any atom is 0.253 e. The number of ether oxygens (including phenoxy) is 1. The zero-order chi connectivity index (χ0) is 25.0. The lowest BCUT2D eigenvalue weighted by Gasteiger charge is -2.34. The van der Waals surface area contributed by atoms with Crippen LogP contribution in [-0.2, 0) is 21.2 Å². The number of benzene rings is 2. The van der Waals surface area contributed by atoms with Crippen molar-refractivity contribution in [3.8, 4) is 11.3 Å². The predicted octanol–water partition coefficient (Wildman–Crippen LogP) is 3.84. The molecule has 1 aliphatic heterocycles. The lowest BCUT2D eigenvalue weighted by Crippen LogP contribution is -2.48. The minimum atomic E-state index is -3.64. The summed E-state index contributed by atoms with van der Waals surface area (Å²) in [5.74, 6) is 0.608. The molecule has 1 aliphatic rings. The number of rotatable bonds is 8. The Labute approximate surface area is 206 Å². The van der Waals surface area contributed by atoms with Crippen molar-refractivity contribution in [1.82, 2.24) is 14.4 Å². The number of hydrogen-bond acceptors (Lipinski definition) is 6. The van der Waals surface area contributed by atoms with Gasteiger partial charge in [-0.15, -0.1) is 0 Å². The molecule has 4 rings (SSSR count). The third kappa shape index (κ3) is 5.98. The van der Waals surface area contributed by atoms with E-state index >= 15 is 0 Å². The van der Waals surface area contributed by atoms with E-state index in [4.69, 9.17) is 9.26 Å². The highest BCUT2D eigenvalue weighted by atomic mass is 32.2. The molecule has 0 bridgehead atoms. The summed E-state index contributed by atoms with van der Waals surface area (Å²) in [5.41, 5.74) is 2.24. The summed E-state index contributed by atoms with van der Waals surface area (Å²) in [6, 6.07) is 17.9. The molecule has 1 saturated heterocycles. The Morgan fingerprint density at radius 3 is 2.37 bits per heavy atom. The van der Waals surface area contributed by atoms with Crippen molar-refractivity contribution in [2.24, 2.45) is 0 Å². The van der Waals surface area contributed by atoms with E-state index < -0.39 is 10.0 Å². The molecule has 1 amide bonds. The fourth-order valence-corrected chi connectivity index (χ4v) is 5.82. The molecule has 8 nitrogen and oxygen atoms in total. The molecule has 0 aliphatic carbocycles. The first-order valence-corrected chi connectivity index (χ1v) is 13.2. The number of amides is 1. The molecule has 9 heteroatoms. The van der Waals surface area contributed by atoms with Crippen molar-refractivity contribution in [3.63, 3.8) is 0 Å². The number of sulfonamides is 1. The fraction of sp³-hybridized carbons (Fsp3) is 0.385. The van der Waals surface area contributed by atoms with Crippen molar-refractivity contribution in [2.45, 2.75) is 43.8 Å². The van der Waals surface area contributed by atoms with Crippen LogP contribution in [0.15, 0.2) is 70.1 Å². The van der Waals surface area contributed by atoms with Crippen LogP contribution in [0.5, 0.6) is 0 Å². The summed E-state index contributed by atoms with van der Waals surface area (Å²) < 4.78 is 38.6. The van der Waals surface area contributed by atoms with Crippen LogP contribution in [0.3, 0.4) is 0 Å². The Kier molecular flexibility index (Phi) is 7.69. The van der Waals surface area contributed by atoms with Gasteiger partial charge in [0.15, 0.2) is 0 Å². The van der Waals surface area contributed by atoms with Crippen LogP contribution < -0.4 is 0 Å². The predicted molar refractivity (Wildman–Crippen MR) is 132 cm³/mol. The van der Waals surface area contributed by atoms with Gasteiger partial charge in [0.25, 0.3) is 5.91 Å². The molecule has 186 valence electrons. The molecule has 0 N–H and O–H groups in total. The average molecular weight is 498 g/mol. The number of carbonyl (C=O) groups excluding carboxylic acids is 1. The maximum atomic E-state index is 13.0. The van der Waals surface area contributed by atoms with E-state index in [0.29, 0.717) is 38.0 Å². The van der Waals surface area contributed by atoms with Gasteiger partial charge in [0.05, 0.1) is 17.1 Å². The standard InChI is InChI=1S/C26H31N3O5S/c1-19-17-29(18-20(2)33-19)35(31,32)24-13-11-22(12-14-24)26(30)28(3)15-7-10-23-16-25(27-34-23)21-8-5-4-6-9-21/h4-6,8-9,11-14,16,19-20H,7,10,15,17-18H2,1-3H3. The summed E-state index contributed by atoms with van der Waals surface area (Å²) >= 11 is 0. The van der Waals surface area contributed by atoms with E-state index in [9.17, 15) is 13.2 Å². The average Bonchev–Trinajstić information content (AvgIpc) is 3.32. The topological polar surface area (TPSA) is 93.0 Å². The SMILES string of the molecule is CC1CN(S(=O)(=O)c2ccc(C(=O)N(C)CCCc3cc(-c4ccccc4)no3)cc2)CC(C)O1. The van der Waals surface area contributed by atoms with E-state index in [-0.39, 0.29) is 23.0 Å². The molecular formula is C26H31N3O5S. The molecule has 2 atom stereocenters. The maximum absolute atomic E-state index is 13.0. The molecule has 0 spiro atoms. The first kappa shape index (κ1) is 25.1. The summed E-state index contributed by atoms with van der Waals surface area (Å²) in [6.07, 6.45) is 1.05. The summed E-state index contributed by atoms with van der Waals surface area (Å²) in [7, 11) is -1.91. The van der Waals surface area contributed by atoms with Gasteiger partial charge in [-0.25, -0.2) is 8.42 Å². The Bertz CT molecular complexity index is 1230. The van der Waals surface area contributed by atoms with E-state index in [0.717, 1.165) is 17.0 Å². The first-order chi connectivity index (χ1) is 16.7. The van der Waals surface area contributed by atoms with Gasteiger partial charge in [0, 0.05) is 50.3 Å². The third-order valence-electron chi connectivity index (χ3n) is 6.02. The van der Waals surface area contributed by atoms with Gasteiger partial charge in [-0.2, -0.15) is 4.31 Å². The normalized spacial score (nSPS) is 18.9. The van der Waals surface area contributed by atoms with Gasteiger partial charge in [-0.3, -0.25) is 4.79 Å². The molecule has 0 radical (unpaired) electrons. The van der Waals surface area contributed by atoms with Crippen LogP contribution in [0.1, 0.15) is 36.4 Å². The Balaban J connectivity index is 1.32. The molecular weight excluding hydrogens is 466 g/mol. The summed E-state index contributed by atoms with van der Waals surface area (Å²) in [5, 5.41) is 4.12. The van der Waals surface area contributed by atoms with Gasteiger partial charge in [-0.05, 0) is 44.5 Å². The molecule has 2 heterocycles. The molecule has 2 aromatic carbocycles. The third-order valence-corrected chi connectivity index (χ3v) is 7.86. The monoisotopic (exact) mass is 497 g/mol. The summed E-state index contributed by atoms with van der Waals surface area (Å²) in [6.45, 7) is 4.88. The lowest BCUT2D eigenvalue weighted by molar-refractivity contribution is -0.0440. The molecule has 0 saturated carbocycles. The largest absolute Gasteiger partial charge is 0.373 e. The van der Waals surface area contributed by atoms with Crippen LogP contribution in [0.25, 0.3) is 11.3 Å². The van der Waals surface area contributed by atoms with E-state index in [1.165, 1.54) is 16.4 Å². The minimum absolute atomic E-state index is 0.162. The number of morpholine rings is 1. The van der Waals surface area contributed by atoms with Crippen LogP contribution in [0.2, 0.25) is 0 Å². The number of carbonyl (C=O) groups is 1. The smallest absolute Gasteiger partial charge is 0.253 e. The zero-order valence-corrected chi connectivity index (χ0v) is 21.1. The van der Waals surface area contributed by atoms with Crippen molar-refractivity contribution < 1.29 is 22.5 Å². The molecule has 35 heavy (non-hydrogen) atoms. The second-order valence-electron chi connectivity index (χ2n) is 8.98. The highest BCUT2D eigenvalue weighted by Gasteiger charge is 2.32.